The first-order chi connectivity index (χ1) is 11.7. The molecule has 7 nitrogen and oxygen atoms in total. The van der Waals surface area contributed by atoms with Crippen LogP contribution in [0.1, 0.15) is 17.9 Å². The lowest BCUT2D eigenvalue weighted by Gasteiger charge is -2.17. The van der Waals surface area contributed by atoms with Crippen molar-refractivity contribution in [2.45, 2.75) is 12.3 Å². The predicted octanol–water partition coefficient (Wildman–Crippen LogP) is 2.52. The summed E-state index contributed by atoms with van der Waals surface area (Å²) >= 11 is 0. The number of methoxy groups -OCH3 is 2. The zero-order valence-electron chi connectivity index (χ0n) is 13.7. The van der Waals surface area contributed by atoms with Gasteiger partial charge in [-0.2, -0.15) is 0 Å². The number of ether oxygens (including phenoxy) is 2. The van der Waals surface area contributed by atoms with Gasteiger partial charge in [0.2, 0.25) is 5.88 Å². The van der Waals surface area contributed by atoms with Gasteiger partial charge in [0.05, 0.1) is 14.2 Å². The number of aromatic nitrogens is 2. The van der Waals surface area contributed by atoms with E-state index in [0.29, 0.717) is 30.7 Å². The fourth-order valence-electron chi connectivity index (χ4n) is 2.80. The third kappa shape index (κ3) is 3.56. The Bertz CT molecular complexity index is 705. The van der Waals surface area contributed by atoms with Gasteiger partial charge in [0.1, 0.15) is 17.9 Å². The number of carbonyl (C=O) groups is 1. The summed E-state index contributed by atoms with van der Waals surface area (Å²) in [6, 6.07) is 9.44. The predicted molar refractivity (Wildman–Crippen MR) is 89.5 cm³/mol. The van der Waals surface area contributed by atoms with E-state index in [4.69, 9.17) is 9.47 Å². The maximum atomic E-state index is 12.4. The number of nitrogens with zero attached hydrogens (tertiary/aromatic N) is 3. The van der Waals surface area contributed by atoms with E-state index in [-0.39, 0.29) is 6.03 Å². The Hall–Kier alpha value is -2.83. The summed E-state index contributed by atoms with van der Waals surface area (Å²) in [6.45, 7) is 1.39. The van der Waals surface area contributed by atoms with Crippen molar-refractivity contribution in [2.75, 3.05) is 32.6 Å². The van der Waals surface area contributed by atoms with Crippen LogP contribution in [0, 0.1) is 0 Å². The standard InChI is InChI=1S/C17H20N4O3/c1-23-14-5-3-12(4-6-14)13-7-8-21(10-13)17(22)20-15-9-16(24-2)19-11-18-15/h3-6,9,11,13H,7-8,10H2,1-2H3,(H,18,19,20,22)/t13-/m0/s1. The molecule has 1 N–H and O–H groups in total. The molecule has 2 amide bonds. The summed E-state index contributed by atoms with van der Waals surface area (Å²) in [5.74, 6) is 2.02. The minimum Gasteiger partial charge on any atom is -0.497 e. The maximum Gasteiger partial charge on any atom is 0.323 e. The third-order valence-corrected chi connectivity index (χ3v) is 4.15. The van der Waals surface area contributed by atoms with Gasteiger partial charge in [0.15, 0.2) is 0 Å². The second-order valence-electron chi connectivity index (χ2n) is 5.58. The molecule has 24 heavy (non-hydrogen) atoms. The number of hydrogen-bond acceptors (Lipinski definition) is 5. The first-order valence-corrected chi connectivity index (χ1v) is 7.75. The Morgan fingerprint density at radius 1 is 1.21 bits per heavy atom. The second-order valence-corrected chi connectivity index (χ2v) is 5.58. The fraction of sp³-hybridized carbons (Fsp3) is 0.353. The van der Waals surface area contributed by atoms with E-state index in [9.17, 15) is 4.79 Å². The first kappa shape index (κ1) is 16.0. The lowest BCUT2D eigenvalue weighted by atomic mass is 9.98. The monoisotopic (exact) mass is 328 g/mol. The Labute approximate surface area is 140 Å². The highest BCUT2D eigenvalue weighted by molar-refractivity contribution is 5.88. The van der Waals surface area contributed by atoms with Crippen molar-refractivity contribution in [3.63, 3.8) is 0 Å². The van der Waals surface area contributed by atoms with Crippen LogP contribution in [0.15, 0.2) is 36.7 Å². The molecule has 0 unspecified atom stereocenters. The molecular formula is C17H20N4O3. The summed E-state index contributed by atoms with van der Waals surface area (Å²) in [5, 5.41) is 2.78. The fourth-order valence-corrected chi connectivity index (χ4v) is 2.80. The van der Waals surface area contributed by atoms with Gasteiger partial charge in [0.25, 0.3) is 0 Å². The number of hydrogen-bond donors (Lipinski definition) is 1. The molecule has 126 valence electrons. The van der Waals surface area contributed by atoms with Crippen molar-refractivity contribution < 1.29 is 14.3 Å². The number of amides is 2. The van der Waals surface area contributed by atoms with Crippen LogP contribution in [0.5, 0.6) is 11.6 Å². The highest BCUT2D eigenvalue weighted by Crippen LogP contribution is 2.28. The molecule has 1 aliphatic rings. The van der Waals surface area contributed by atoms with Crippen molar-refractivity contribution in [2.24, 2.45) is 0 Å². The van der Waals surface area contributed by atoms with Gasteiger partial charge in [0, 0.05) is 25.1 Å². The highest BCUT2D eigenvalue weighted by Gasteiger charge is 2.27. The van der Waals surface area contributed by atoms with Gasteiger partial charge in [-0.15, -0.1) is 0 Å². The molecule has 1 fully saturated rings. The molecule has 7 heteroatoms. The summed E-state index contributed by atoms with van der Waals surface area (Å²) < 4.78 is 10.2. The van der Waals surface area contributed by atoms with Crippen molar-refractivity contribution in [3.05, 3.63) is 42.2 Å². The Morgan fingerprint density at radius 3 is 2.71 bits per heavy atom. The minimum atomic E-state index is -0.160. The van der Waals surface area contributed by atoms with Crippen molar-refractivity contribution >= 4 is 11.8 Å². The van der Waals surface area contributed by atoms with Crippen molar-refractivity contribution in [3.8, 4) is 11.6 Å². The van der Waals surface area contributed by atoms with Crippen LogP contribution in [0.3, 0.4) is 0 Å². The molecule has 2 aromatic rings. The van der Waals surface area contributed by atoms with Gasteiger partial charge < -0.3 is 14.4 Å². The normalized spacial score (nSPS) is 16.8. The largest absolute Gasteiger partial charge is 0.497 e. The number of anilines is 1. The smallest absolute Gasteiger partial charge is 0.323 e. The van der Waals surface area contributed by atoms with Gasteiger partial charge in [-0.3, -0.25) is 5.32 Å². The SMILES string of the molecule is COc1ccc([C@H]2CCN(C(=O)Nc3cc(OC)ncn3)C2)cc1. The molecule has 1 saturated heterocycles. The summed E-state index contributed by atoms with van der Waals surface area (Å²) in [6.07, 6.45) is 2.30. The highest BCUT2D eigenvalue weighted by atomic mass is 16.5. The van der Waals surface area contributed by atoms with Crippen LogP contribution in [0.25, 0.3) is 0 Å². The Balaban J connectivity index is 1.60. The quantitative estimate of drug-likeness (QED) is 0.933. The molecule has 0 aliphatic carbocycles. The topological polar surface area (TPSA) is 76.6 Å². The summed E-state index contributed by atoms with van der Waals surface area (Å²) in [7, 11) is 3.17. The molecular weight excluding hydrogens is 308 g/mol. The van der Waals surface area contributed by atoms with Crippen LogP contribution >= 0.6 is 0 Å². The zero-order chi connectivity index (χ0) is 16.9. The molecule has 1 aromatic carbocycles. The molecule has 0 radical (unpaired) electrons. The number of carbonyl (C=O) groups excluding carboxylic acids is 1. The summed E-state index contributed by atoms with van der Waals surface area (Å²) in [4.78, 5) is 22.1. The minimum absolute atomic E-state index is 0.160. The molecule has 1 aliphatic heterocycles. The van der Waals surface area contributed by atoms with E-state index in [1.165, 1.54) is 19.0 Å². The van der Waals surface area contributed by atoms with E-state index < -0.39 is 0 Å². The van der Waals surface area contributed by atoms with Gasteiger partial charge in [-0.25, -0.2) is 14.8 Å². The van der Waals surface area contributed by atoms with Crippen molar-refractivity contribution in [1.29, 1.82) is 0 Å². The van der Waals surface area contributed by atoms with E-state index in [0.717, 1.165) is 12.2 Å². The molecule has 0 bridgehead atoms. The van der Waals surface area contributed by atoms with Crippen molar-refractivity contribution in [1.82, 2.24) is 14.9 Å². The number of likely N-dealkylation sites (tertiary alicyclic amines) is 1. The van der Waals surface area contributed by atoms with Crippen LogP contribution in [-0.2, 0) is 0 Å². The molecule has 1 aromatic heterocycles. The Kier molecular flexibility index (Phi) is 4.79. The van der Waals surface area contributed by atoms with E-state index in [1.54, 1.807) is 18.1 Å². The second kappa shape index (κ2) is 7.16. The van der Waals surface area contributed by atoms with E-state index >= 15 is 0 Å². The van der Waals surface area contributed by atoms with Gasteiger partial charge >= 0.3 is 6.03 Å². The molecule has 2 heterocycles. The Morgan fingerprint density at radius 2 is 2.00 bits per heavy atom. The number of rotatable bonds is 4. The number of benzene rings is 1. The molecule has 0 spiro atoms. The first-order valence-electron chi connectivity index (χ1n) is 7.75. The average molecular weight is 328 g/mol. The molecule has 1 atom stereocenters. The maximum absolute atomic E-state index is 12.4. The molecule has 3 rings (SSSR count). The third-order valence-electron chi connectivity index (χ3n) is 4.15. The van der Waals surface area contributed by atoms with E-state index in [2.05, 4.69) is 27.4 Å². The van der Waals surface area contributed by atoms with Crippen LogP contribution in [-0.4, -0.2) is 48.2 Å². The molecule has 0 saturated carbocycles. The van der Waals surface area contributed by atoms with Gasteiger partial charge in [-0.1, -0.05) is 12.1 Å². The van der Waals surface area contributed by atoms with E-state index in [1.807, 2.05) is 12.1 Å². The lowest BCUT2D eigenvalue weighted by Crippen LogP contribution is -2.33. The van der Waals surface area contributed by atoms with Gasteiger partial charge in [-0.05, 0) is 24.1 Å². The zero-order valence-corrected chi connectivity index (χ0v) is 13.7. The van der Waals surface area contributed by atoms with Crippen LogP contribution in [0.2, 0.25) is 0 Å². The number of nitrogens with one attached hydrogen (secondary N) is 1. The van der Waals surface area contributed by atoms with Crippen LogP contribution in [0.4, 0.5) is 10.6 Å². The lowest BCUT2D eigenvalue weighted by molar-refractivity contribution is 0.222. The van der Waals surface area contributed by atoms with Crippen LogP contribution < -0.4 is 14.8 Å². The summed E-state index contributed by atoms with van der Waals surface area (Å²) in [5.41, 5.74) is 1.22. The number of urea groups is 1. The average Bonchev–Trinajstić information content (AvgIpc) is 3.12.